The second-order valence-corrected chi connectivity index (χ2v) is 5.96. The maximum atomic E-state index is 12.2. The highest BCUT2D eigenvalue weighted by atomic mass is 16.1. The molecule has 1 unspecified atom stereocenters. The molecule has 2 aromatic heterocycles. The zero-order valence-corrected chi connectivity index (χ0v) is 13.1. The number of benzene rings is 1. The van der Waals surface area contributed by atoms with E-state index in [1.807, 2.05) is 18.2 Å². The lowest BCUT2D eigenvalue weighted by molar-refractivity contribution is 0.791. The SMILES string of the molecule is Cn1cc(-c2cc(C3Cc4ccccc4N3)c(=O)[nH]n2)ccc1=O. The van der Waals surface area contributed by atoms with Crippen LogP contribution >= 0.6 is 0 Å². The first-order valence-electron chi connectivity index (χ1n) is 7.73. The molecule has 0 radical (unpaired) electrons. The summed E-state index contributed by atoms with van der Waals surface area (Å²) < 4.78 is 1.49. The van der Waals surface area contributed by atoms with Gasteiger partial charge in [-0.15, -0.1) is 0 Å². The quantitative estimate of drug-likeness (QED) is 0.755. The Morgan fingerprint density at radius 3 is 2.79 bits per heavy atom. The standard InChI is InChI=1S/C18H16N4O2/c1-22-10-12(6-7-17(22)23)15-9-13(18(24)21-20-15)16-8-11-4-2-3-5-14(11)19-16/h2-7,9-10,16,19H,8H2,1H3,(H,21,24). The summed E-state index contributed by atoms with van der Waals surface area (Å²) in [7, 11) is 1.69. The van der Waals surface area contributed by atoms with Gasteiger partial charge in [0, 0.05) is 36.1 Å². The number of aryl methyl sites for hydroxylation is 1. The molecule has 1 aliphatic rings. The van der Waals surface area contributed by atoms with Gasteiger partial charge in [0.15, 0.2) is 0 Å². The van der Waals surface area contributed by atoms with Crippen molar-refractivity contribution in [3.63, 3.8) is 0 Å². The number of nitrogens with zero attached hydrogens (tertiary/aromatic N) is 2. The second-order valence-electron chi connectivity index (χ2n) is 5.96. The van der Waals surface area contributed by atoms with Crippen LogP contribution in [0, 0.1) is 0 Å². The first-order chi connectivity index (χ1) is 11.6. The predicted octanol–water partition coefficient (Wildman–Crippen LogP) is 1.84. The molecule has 0 spiro atoms. The van der Waals surface area contributed by atoms with Crippen LogP contribution in [0.1, 0.15) is 17.2 Å². The van der Waals surface area contributed by atoms with E-state index in [-0.39, 0.29) is 17.2 Å². The monoisotopic (exact) mass is 320 g/mol. The van der Waals surface area contributed by atoms with Crippen molar-refractivity contribution in [3.05, 3.63) is 80.5 Å². The summed E-state index contributed by atoms with van der Waals surface area (Å²) in [5, 5.41) is 10.1. The summed E-state index contributed by atoms with van der Waals surface area (Å²) in [6.07, 6.45) is 2.47. The lowest BCUT2D eigenvalue weighted by Gasteiger charge is -2.12. The van der Waals surface area contributed by atoms with Crippen LogP contribution in [0.25, 0.3) is 11.3 Å². The maximum Gasteiger partial charge on any atom is 0.269 e. The molecular weight excluding hydrogens is 304 g/mol. The molecule has 3 aromatic rings. The summed E-state index contributed by atoms with van der Waals surface area (Å²) in [5.41, 5.74) is 4.03. The molecule has 0 saturated heterocycles. The lowest BCUT2D eigenvalue weighted by Crippen LogP contribution is -2.21. The van der Waals surface area contributed by atoms with Gasteiger partial charge in [-0.3, -0.25) is 9.59 Å². The number of nitrogens with one attached hydrogen (secondary N) is 2. The Morgan fingerprint density at radius 1 is 1.17 bits per heavy atom. The summed E-state index contributed by atoms with van der Waals surface area (Å²) >= 11 is 0. The molecule has 0 amide bonds. The Morgan fingerprint density at radius 2 is 2.00 bits per heavy atom. The van der Waals surface area contributed by atoms with Gasteiger partial charge >= 0.3 is 0 Å². The van der Waals surface area contributed by atoms with Crippen LogP contribution in [0.15, 0.2) is 58.3 Å². The first-order valence-corrected chi connectivity index (χ1v) is 7.73. The van der Waals surface area contributed by atoms with E-state index < -0.39 is 0 Å². The van der Waals surface area contributed by atoms with Gasteiger partial charge in [0.25, 0.3) is 5.56 Å². The minimum absolute atomic E-state index is 0.0829. The van der Waals surface area contributed by atoms with Crippen LogP contribution in [0.3, 0.4) is 0 Å². The highest BCUT2D eigenvalue weighted by molar-refractivity contribution is 5.61. The highest BCUT2D eigenvalue weighted by Gasteiger charge is 2.24. The van der Waals surface area contributed by atoms with E-state index in [4.69, 9.17) is 0 Å². The van der Waals surface area contributed by atoms with E-state index in [0.717, 1.165) is 17.7 Å². The van der Waals surface area contributed by atoms with Crippen LogP contribution in [-0.4, -0.2) is 14.8 Å². The zero-order chi connectivity index (χ0) is 16.7. The molecule has 2 N–H and O–H groups in total. The molecule has 3 heterocycles. The first kappa shape index (κ1) is 14.4. The number of hydrogen-bond donors (Lipinski definition) is 2. The fourth-order valence-electron chi connectivity index (χ4n) is 3.06. The zero-order valence-electron chi connectivity index (χ0n) is 13.1. The summed E-state index contributed by atoms with van der Waals surface area (Å²) in [4.78, 5) is 23.8. The van der Waals surface area contributed by atoms with Crippen molar-refractivity contribution >= 4 is 5.69 Å². The Balaban J connectivity index is 1.74. The smallest absolute Gasteiger partial charge is 0.269 e. The maximum absolute atomic E-state index is 12.2. The Hall–Kier alpha value is -3.15. The van der Waals surface area contributed by atoms with Gasteiger partial charge in [-0.25, -0.2) is 5.10 Å². The number of para-hydroxylation sites is 1. The lowest BCUT2D eigenvalue weighted by atomic mass is 10.0. The molecule has 6 heteroatoms. The van der Waals surface area contributed by atoms with Crippen molar-refractivity contribution in [2.24, 2.45) is 7.05 Å². The van der Waals surface area contributed by atoms with Gasteiger partial charge in [0.2, 0.25) is 5.56 Å². The average molecular weight is 320 g/mol. The number of anilines is 1. The molecule has 0 aliphatic carbocycles. The van der Waals surface area contributed by atoms with E-state index in [1.54, 1.807) is 25.4 Å². The van der Waals surface area contributed by atoms with Gasteiger partial charge in [-0.05, 0) is 30.2 Å². The van der Waals surface area contributed by atoms with E-state index in [2.05, 4.69) is 21.6 Å². The van der Waals surface area contributed by atoms with Gasteiger partial charge in [0.05, 0.1) is 11.7 Å². The van der Waals surface area contributed by atoms with Crippen molar-refractivity contribution < 1.29 is 0 Å². The van der Waals surface area contributed by atoms with Crippen LogP contribution in [-0.2, 0) is 13.5 Å². The normalized spacial score (nSPS) is 15.8. The van der Waals surface area contributed by atoms with Crippen molar-refractivity contribution in [1.29, 1.82) is 0 Å². The molecule has 0 bridgehead atoms. The molecule has 4 rings (SSSR count). The molecule has 24 heavy (non-hydrogen) atoms. The van der Waals surface area contributed by atoms with Gasteiger partial charge in [0.1, 0.15) is 0 Å². The molecular formula is C18H16N4O2. The van der Waals surface area contributed by atoms with E-state index in [0.29, 0.717) is 11.3 Å². The topological polar surface area (TPSA) is 79.8 Å². The third-order valence-corrected chi connectivity index (χ3v) is 4.36. The predicted molar refractivity (Wildman–Crippen MR) is 92.0 cm³/mol. The number of fused-ring (bicyclic) bond motifs is 1. The molecule has 1 atom stereocenters. The largest absolute Gasteiger partial charge is 0.377 e. The highest BCUT2D eigenvalue weighted by Crippen LogP contribution is 2.33. The fraction of sp³-hybridized carbons (Fsp3) is 0.167. The fourth-order valence-corrected chi connectivity index (χ4v) is 3.06. The minimum atomic E-state index is -0.200. The van der Waals surface area contributed by atoms with Crippen molar-refractivity contribution in [1.82, 2.24) is 14.8 Å². The van der Waals surface area contributed by atoms with Crippen LogP contribution in [0.4, 0.5) is 5.69 Å². The molecule has 1 aromatic carbocycles. The second kappa shape index (κ2) is 5.49. The summed E-state index contributed by atoms with van der Waals surface area (Å²) in [5.74, 6) is 0. The number of aromatic nitrogens is 3. The number of H-pyrrole nitrogens is 1. The Labute approximate surface area is 137 Å². The van der Waals surface area contributed by atoms with Crippen molar-refractivity contribution in [2.45, 2.75) is 12.5 Å². The minimum Gasteiger partial charge on any atom is -0.377 e. The van der Waals surface area contributed by atoms with Crippen molar-refractivity contribution in [2.75, 3.05) is 5.32 Å². The molecule has 0 fully saturated rings. The molecule has 0 saturated carbocycles. The summed E-state index contributed by atoms with van der Waals surface area (Å²) in [6.45, 7) is 0. The average Bonchev–Trinajstić information content (AvgIpc) is 3.01. The van der Waals surface area contributed by atoms with E-state index in [1.165, 1.54) is 16.2 Å². The number of hydrogen-bond acceptors (Lipinski definition) is 4. The Kier molecular flexibility index (Phi) is 3.30. The van der Waals surface area contributed by atoms with Crippen LogP contribution in [0.5, 0.6) is 0 Å². The number of aromatic amines is 1. The third-order valence-electron chi connectivity index (χ3n) is 4.36. The molecule has 120 valence electrons. The Bertz CT molecular complexity index is 1010. The van der Waals surface area contributed by atoms with E-state index >= 15 is 0 Å². The molecule has 6 nitrogen and oxygen atoms in total. The summed E-state index contributed by atoms with van der Waals surface area (Å²) in [6, 6.07) is 13.0. The third kappa shape index (κ3) is 2.42. The number of pyridine rings is 1. The van der Waals surface area contributed by atoms with E-state index in [9.17, 15) is 9.59 Å². The van der Waals surface area contributed by atoms with Crippen LogP contribution < -0.4 is 16.4 Å². The van der Waals surface area contributed by atoms with Crippen molar-refractivity contribution in [3.8, 4) is 11.3 Å². The molecule has 1 aliphatic heterocycles. The number of rotatable bonds is 2. The van der Waals surface area contributed by atoms with Gasteiger partial charge < -0.3 is 9.88 Å². The van der Waals surface area contributed by atoms with Gasteiger partial charge in [-0.1, -0.05) is 18.2 Å². The van der Waals surface area contributed by atoms with Crippen LogP contribution in [0.2, 0.25) is 0 Å². The van der Waals surface area contributed by atoms with Gasteiger partial charge in [-0.2, -0.15) is 5.10 Å².